The summed E-state index contributed by atoms with van der Waals surface area (Å²) in [5, 5.41) is 6.25. The molecule has 6 nitrogen and oxygen atoms in total. The standard InChI is InChI=1S/C20H23F4N5O.HI/c1-25-19(27-10-12-30-17-7-3-2-5-15(17)20(22,23)24)28-14-8-11-29(13-14)18-16(21)6-4-9-26-18;/h2-7,9,14H,8,10-13H2,1H3,(H2,25,27,28);1H. The van der Waals surface area contributed by atoms with Crippen LogP contribution in [-0.4, -0.2) is 50.3 Å². The van der Waals surface area contributed by atoms with Gasteiger partial charge in [0.15, 0.2) is 17.6 Å². The summed E-state index contributed by atoms with van der Waals surface area (Å²) in [6.45, 7) is 1.50. The molecule has 1 aliphatic rings. The topological polar surface area (TPSA) is 61.8 Å². The van der Waals surface area contributed by atoms with Gasteiger partial charge in [-0.1, -0.05) is 12.1 Å². The van der Waals surface area contributed by atoms with Crippen LogP contribution < -0.4 is 20.3 Å². The normalized spacial score (nSPS) is 16.6. The number of hydrogen-bond acceptors (Lipinski definition) is 4. The Labute approximate surface area is 195 Å². The number of ether oxygens (including phenoxy) is 1. The second-order valence-electron chi connectivity index (χ2n) is 6.73. The average molecular weight is 553 g/mol. The second kappa shape index (κ2) is 11.3. The molecule has 1 aromatic heterocycles. The monoisotopic (exact) mass is 553 g/mol. The molecule has 1 unspecified atom stereocenters. The molecule has 1 fully saturated rings. The number of hydrogen-bond donors (Lipinski definition) is 2. The number of aliphatic imine (C=N–C) groups is 1. The second-order valence-corrected chi connectivity index (χ2v) is 6.73. The van der Waals surface area contributed by atoms with E-state index in [-0.39, 0.29) is 54.7 Å². The van der Waals surface area contributed by atoms with E-state index in [1.807, 2.05) is 4.90 Å². The van der Waals surface area contributed by atoms with Crippen LogP contribution in [0.25, 0.3) is 0 Å². The van der Waals surface area contributed by atoms with Crippen molar-refractivity contribution >= 4 is 35.8 Å². The van der Waals surface area contributed by atoms with Gasteiger partial charge in [0.2, 0.25) is 0 Å². The summed E-state index contributed by atoms with van der Waals surface area (Å²) in [5.74, 6) is 0.244. The van der Waals surface area contributed by atoms with Gasteiger partial charge in [0.1, 0.15) is 12.4 Å². The van der Waals surface area contributed by atoms with Crippen molar-refractivity contribution in [3.05, 3.63) is 54.0 Å². The Morgan fingerprint density at radius 1 is 1.26 bits per heavy atom. The highest BCUT2D eigenvalue weighted by Gasteiger charge is 2.34. The van der Waals surface area contributed by atoms with Gasteiger partial charge in [-0.05, 0) is 30.7 Å². The number of nitrogens with zero attached hydrogens (tertiary/aromatic N) is 3. The Kier molecular flexibility index (Phi) is 9.14. The molecule has 2 heterocycles. The van der Waals surface area contributed by atoms with Gasteiger partial charge in [-0.2, -0.15) is 13.2 Å². The van der Waals surface area contributed by atoms with Crippen LogP contribution in [0.1, 0.15) is 12.0 Å². The number of anilines is 1. The first-order chi connectivity index (χ1) is 14.4. The van der Waals surface area contributed by atoms with Crippen LogP contribution >= 0.6 is 24.0 Å². The predicted octanol–water partition coefficient (Wildman–Crippen LogP) is 3.68. The van der Waals surface area contributed by atoms with Crippen molar-refractivity contribution in [3.63, 3.8) is 0 Å². The van der Waals surface area contributed by atoms with Crippen LogP contribution in [-0.2, 0) is 6.18 Å². The maximum atomic E-state index is 13.9. The molecule has 0 radical (unpaired) electrons. The van der Waals surface area contributed by atoms with Gasteiger partial charge in [0.25, 0.3) is 0 Å². The number of benzene rings is 1. The molecule has 1 aliphatic heterocycles. The van der Waals surface area contributed by atoms with Crippen molar-refractivity contribution in [2.45, 2.75) is 18.6 Å². The van der Waals surface area contributed by atoms with E-state index in [0.29, 0.717) is 24.9 Å². The lowest BCUT2D eigenvalue weighted by atomic mass is 10.2. The van der Waals surface area contributed by atoms with E-state index in [2.05, 4.69) is 20.6 Å². The van der Waals surface area contributed by atoms with E-state index >= 15 is 0 Å². The lowest BCUT2D eigenvalue weighted by Crippen LogP contribution is -2.45. The molecule has 11 heteroatoms. The molecule has 0 spiro atoms. The molecule has 2 N–H and O–H groups in total. The molecule has 0 amide bonds. The zero-order valence-corrected chi connectivity index (χ0v) is 19.2. The number of rotatable bonds is 6. The molecule has 31 heavy (non-hydrogen) atoms. The van der Waals surface area contributed by atoms with Gasteiger partial charge in [-0.25, -0.2) is 9.37 Å². The van der Waals surface area contributed by atoms with E-state index in [1.165, 1.54) is 24.3 Å². The largest absolute Gasteiger partial charge is 0.491 e. The van der Waals surface area contributed by atoms with E-state index < -0.39 is 11.7 Å². The zero-order chi connectivity index (χ0) is 21.6. The van der Waals surface area contributed by atoms with Crippen molar-refractivity contribution in [1.82, 2.24) is 15.6 Å². The number of pyridine rings is 1. The molecule has 1 atom stereocenters. The quantitative estimate of drug-likeness (QED) is 0.188. The van der Waals surface area contributed by atoms with E-state index in [9.17, 15) is 17.6 Å². The first kappa shape index (κ1) is 25.0. The Bertz CT molecular complexity index is 881. The molecule has 170 valence electrons. The number of nitrogens with one attached hydrogen (secondary N) is 2. The molecule has 1 aromatic carbocycles. The fourth-order valence-electron chi connectivity index (χ4n) is 3.23. The van der Waals surface area contributed by atoms with E-state index in [4.69, 9.17) is 4.74 Å². The first-order valence-electron chi connectivity index (χ1n) is 9.50. The minimum atomic E-state index is -4.47. The predicted molar refractivity (Wildman–Crippen MR) is 122 cm³/mol. The molecule has 3 rings (SSSR count). The number of para-hydroxylation sites is 1. The third-order valence-electron chi connectivity index (χ3n) is 4.64. The van der Waals surface area contributed by atoms with Crippen molar-refractivity contribution in [2.75, 3.05) is 38.2 Å². The van der Waals surface area contributed by atoms with Gasteiger partial charge in [0, 0.05) is 32.4 Å². The van der Waals surface area contributed by atoms with Gasteiger partial charge >= 0.3 is 6.18 Å². The third-order valence-corrected chi connectivity index (χ3v) is 4.64. The smallest absolute Gasteiger partial charge is 0.419 e. The maximum Gasteiger partial charge on any atom is 0.419 e. The van der Waals surface area contributed by atoms with Crippen LogP contribution in [0.4, 0.5) is 23.4 Å². The molecular weight excluding hydrogens is 529 g/mol. The number of alkyl halides is 3. The van der Waals surface area contributed by atoms with Gasteiger partial charge in [0.05, 0.1) is 12.1 Å². The summed E-state index contributed by atoms with van der Waals surface area (Å²) in [6.07, 6.45) is -2.15. The third kappa shape index (κ3) is 6.84. The van der Waals surface area contributed by atoms with Crippen molar-refractivity contribution in [3.8, 4) is 5.75 Å². The molecule has 1 saturated heterocycles. The number of aromatic nitrogens is 1. The first-order valence-corrected chi connectivity index (χ1v) is 9.50. The van der Waals surface area contributed by atoms with E-state index in [1.54, 1.807) is 19.3 Å². The molecule has 0 aliphatic carbocycles. The molecule has 0 saturated carbocycles. The number of guanidine groups is 1. The Morgan fingerprint density at radius 3 is 2.74 bits per heavy atom. The zero-order valence-electron chi connectivity index (χ0n) is 16.8. The summed E-state index contributed by atoms with van der Waals surface area (Å²) < 4.78 is 58.2. The minimum absolute atomic E-state index is 0. The maximum absolute atomic E-state index is 13.9. The fraction of sp³-hybridized carbons (Fsp3) is 0.400. The Balaban J connectivity index is 0.00000341. The van der Waals surface area contributed by atoms with Crippen molar-refractivity contribution < 1.29 is 22.3 Å². The van der Waals surface area contributed by atoms with Gasteiger partial charge < -0.3 is 20.3 Å². The molecule has 2 aromatic rings. The Morgan fingerprint density at radius 2 is 2.03 bits per heavy atom. The summed E-state index contributed by atoms with van der Waals surface area (Å²) in [4.78, 5) is 10.1. The number of halogens is 5. The summed E-state index contributed by atoms with van der Waals surface area (Å²) in [7, 11) is 1.60. The van der Waals surface area contributed by atoms with Crippen LogP contribution in [0.3, 0.4) is 0 Å². The summed E-state index contributed by atoms with van der Waals surface area (Å²) in [6, 6.07) is 8.05. The summed E-state index contributed by atoms with van der Waals surface area (Å²) in [5.41, 5.74) is -0.805. The van der Waals surface area contributed by atoms with Crippen LogP contribution in [0.2, 0.25) is 0 Å². The fourth-order valence-corrected chi connectivity index (χ4v) is 3.23. The van der Waals surface area contributed by atoms with E-state index in [0.717, 1.165) is 12.5 Å². The average Bonchev–Trinajstić information content (AvgIpc) is 3.18. The highest BCUT2D eigenvalue weighted by atomic mass is 127. The summed E-state index contributed by atoms with van der Waals surface area (Å²) >= 11 is 0. The Hall–Kier alpha value is -2.31. The minimum Gasteiger partial charge on any atom is -0.491 e. The SMILES string of the molecule is CN=C(NCCOc1ccccc1C(F)(F)F)NC1CCN(c2ncccc2F)C1.I. The van der Waals surface area contributed by atoms with Crippen LogP contribution in [0.15, 0.2) is 47.6 Å². The lowest BCUT2D eigenvalue weighted by molar-refractivity contribution is -0.138. The van der Waals surface area contributed by atoms with Crippen LogP contribution in [0.5, 0.6) is 5.75 Å². The van der Waals surface area contributed by atoms with Crippen LogP contribution in [0, 0.1) is 5.82 Å². The van der Waals surface area contributed by atoms with Crippen molar-refractivity contribution in [2.24, 2.45) is 4.99 Å². The molecule has 0 bridgehead atoms. The van der Waals surface area contributed by atoms with Crippen molar-refractivity contribution in [1.29, 1.82) is 0 Å². The van der Waals surface area contributed by atoms with Gasteiger partial charge in [-0.15, -0.1) is 24.0 Å². The highest BCUT2D eigenvalue weighted by Crippen LogP contribution is 2.35. The highest BCUT2D eigenvalue weighted by molar-refractivity contribution is 14.0. The van der Waals surface area contributed by atoms with Gasteiger partial charge in [-0.3, -0.25) is 4.99 Å². The molecular formula is C20H24F4IN5O. The lowest BCUT2D eigenvalue weighted by Gasteiger charge is -2.20.